The van der Waals surface area contributed by atoms with Crippen molar-refractivity contribution >= 4 is 46.0 Å². The van der Waals surface area contributed by atoms with Gasteiger partial charge in [-0.3, -0.25) is 9.69 Å². The number of thioether (sulfide) groups is 1. The Balaban J connectivity index is 1.92. The molecule has 23 heavy (non-hydrogen) atoms. The lowest BCUT2D eigenvalue weighted by Gasteiger charge is -2.14. The molecule has 1 fully saturated rings. The summed E-state index contributed by atoms with van der Waals surface area (Å²) in [4.78, 5) is 14.9. The first kappa shape index (κ1) is 15.8. The Morgan fingerprint density at radius 3 is 2.48 bits per heavy atom. The van der Waals surface area contributed by atoms with Gasteiger partial charge in [-0.15, -0.1) is 0 Å². The number of thiocarbonyl (C=S) groups is 1. The van der Waals surface area contributed by atoms with Crippen LogP contribution in [-0.4, -0.2) is 17.3 Å². The maximum Gasteiger partial charge on any atom is 0.270 e. The zero-order valence-electron chi connectivity index (χ0n) is 12.8. The van der Waals surface area contributed by atoms with Gasteiger partial charge >= 0.3 is 0 Å². The van der Waals surface area contributed by atoms with Crippen molar-refractivity contribution in [3.8, 4) is 5.75 Å². The molecule has 1 saturated heterocycles. The molecule has 1 amide bonds. The lowest BCUT2D eigenvalue weighted by Crippen LogP contribution is -2.27. The SMILES string of the molecule is COc1ccc(N2C(=O)/C(=C/c3ccccc3C)SC2=S)cc1. The summed E-state index contributed by atoms with van der Waals surface area (Å²) in [5.41, 5.74) is 2.91. The number of carbonyl (C=O) groups is 1. The van der Waals surface area contributed by atoms with Gasteiger partial charge in [0.1, 0.15) is 5.75 Å². The molecule has 2 aromatic carbocycles. The van der Waals surface area contributed by atoms with E-state index in [-0.39, 0.29) is 5.91 Å². The zero-order chi connectivity index (χ0) is 16.4. The average Bonchev–Trinajstić information content (AvgIpc) is 2.84. The maximum atomic E-state index is 12.7. The third-order valence-electron chi connectivity index (χ3n) is 3.60. The topological polar surface area (TPSA) is 29.5 Å². The third kappa shape index (κ3) is 3.16. The van der Waals surface area contributed by atoms with Gasteiger partial charge in [0.25, 0.3) is 5.91 Å². The van der Waals surface area contributed by atoms with Gasteiger partial charge in [0.2, 0.25) is 0 Å². The Bertz CT molecular complexity index is 797. The number of hydrogen-bond acceptors (Lipinski definition) is 4. The van der Waals surface area contributed by atoms with E-state index in [2.05, 4.69) is 0 Å². The number of aryl methyl sites for hydroxylation is 1. The Kier molecular flexibility index (Phi) is 4.50. The van der Waals surface area contributed by atoms with Gasteiger partial charge < -0.3 is 4.74 Å². The largest absolute Gasteiger partial charge is 0.497 e. The van der Waals surface area contributed by atoms with Crippen molar-refractivity contribution in [2.24, 2.45) is 0 Å². The summed E-state index contributed by atoms with van der Waals surface area (Å²) in [6, 6.07) is 15.3. The molecule has 5 heteroatoms. The van der Waals surface area contributed by atoms with Crippen molar-refractivity contribution in [2.75, 3.05) is 12.0 Å². The molecule has 0 aliphatic carbocycles. The summed E-state index contributed by atoms with van der Waals surface area (Å²) >= 11 is 6.71. The summed E-state index contributed by atoms with van der Waals surface area (Å²) in [5.74, 6) is 0.656. The van der Waals surface area contributed by atoms with Crippen LogP contribution >= 0.6 is 24.0 Å². The summed E-state index contributed by atoms with van der Waals surface area (Å²) in [7, 11) is 1.61. The third-order valence-corrected chi connectivity index (χ3v) is 4.90. The van der Waals surface area contributed by atoms with Crippen molar-refractivity contribution in [3.05, 3.63) is 64.6 Å². The van der Waals surface area contributed by atoms with E-state index in [1.807, 2.05) is 61.5 Å². The van der Waals surface area contributed by atoms with Crippen molar-refractivity contribution in [1.29, 1.82) is 0 Å². The van der Waals surface area contributed by atoms with Crippen LogP contribution in [0.25, 0.3) is 6.08 Å². The minimum atomic E-state index is -0.0894. The van der Waals surface area contributed by atoms with E-state index in [0.29, 0.717) is 9.23 Å². The summed E-state index contributed by atoms with van der Waals surface area (Å²) < 4.78 is 5.69. The molecule has 3 rings (SSSR count). The number of amides is 1. The average molecular weight is 341 g/mol. The highest BCUT2D eigenvalue weighted by Crippen LogP contribution is 2.36. The molecule has 3 nitrogen and oxygen atoms in total. The smallest absolute Gasteiger partial charge is 0.270 e. The standard InChI is InChI=1S/C18H15NO2S2/c1-12-5-3-4-6-13(12)11-16-17(20)19(18(22)23-16)14-7-9-15(21-2)10-8-14/h3-11H,1-2H3/b16-11-. The molecule has 1 aliphatic rings. The fraction of sp³-hybridized carbons (Fsp3) is 0.111. The molecule has 0 atom stereocenters. The predicted molar refractivity (Wildman–Crippen MR) is 99.8 cm³/mol. The molecule has 0 unspecified atom stereocenters. The number of rotatable bonds is 3. The number of methoxy groups -OCH3 is 1. The Morgan fingerprint density at radius 1 is 1.13 bits per heavy atom. The lowest BCUT2D eigenvalue weighted by atomic mass is 10.1. The van der Waals surface area contributed by atoms with E-state index in [1.165, 1.54) is 11.8 Å². The molecule has 0 bridgehead atoms. The van der Waals surface area contributed by atoms with E-state index in [4.69, 9.17) is 17.0 Å². The van der Waals surface area contributed by atoms with Crippen LogP contribution in [0.3, 0.4) is 0 Å². The fourth-order valence-electron chi connectivity index (χ4n) is 2.31. The molecule has 2 aromatic rings. The first-order valence-corrected chi connectivity index (χ1v) is 8.30. The van der Waals surface area contributed by atoms with E-state index in [0.717, 1.165) is 22.6 Å². The van der Waals surface area contributed by atoms with E-state index >= 15 is 0 Å². The van der Waals surface area contributed by atoms with Crippen LogP contribution in [0.4, 0.5) is 5.69 Å². The molecule has 0 saturated carbocycles. The van der Waals surface area contributed by atoms with Gasteiger partial charge in [-0.05, 0) is 48.4 Å². The van der Waals surface area contributed by atoms with Crippen LogP contribution in [-0.2, 0) is 4.79 Å². The summed E-state index contributed by atoms with van der Waals surface area (Å²) in [5, 5.41) is 0. The van der Waals surface area contributed by atoms with Crippen molar-refractivity contribution in [2.45, 2.75) is 6.92 Å². The highest BCUT2D eigenvalue weighted by atomic mass is 32.2. The Labute approximate surface area is 144 Å². The van der Waals surface area contributed by atoms with Gasteiger partial charge in [-0.2, -0.15) is 0 Å². The van der Waals surface area contributed by atoms with Crippen LogP contribution in [0.2, 0.25) is 0 Å². The first-order chi connectivity index (χ1) is 11.1. The van der Waals surface area contributed by atoms with Crippen molar-refractivity contribution in [1.82, 2.24) is 0 Å². The van der Waals surface area contributed by atoms with Crippen LogP contribution in [0, 0.1) is 6.92 Å². The molecule has 0 N–H and O–H groups in total. The van der Waals surface area contributed by atoms with E-state index in [9.17, 15) is 4.79 Å². The molecule has 116 valence electrons. The predicted octanol–water partition coefficient (Wildman–Crippen LogP) is 4.41. The molecule has 1 heterocycles. The number of hydrogen-bond donors (Lipinski definition) is 0. The minimum absolute atomic E-state index is 0.0894. The number of ether oxygens (including phenoxy) is 1. The Morgan fingerprint density at radius 2 is 1.83 bits per heavy atom. The molecular formula is C18H15NO2S2. The number of benzene rings is 2. The van der Waals surface area contributed by atoms with Crippen LogP contribution in [0.15, 0.2) is 53.4 Å². The maximum absolute atomic E-state index is 12.7. The van der Waals surface area contributed by atoms with E-state index in [1.54, 1.807) is 12.0 Å². The number of nitrogens with zero attached hydrogens (tertiary/aromatic N) is 1. The lowest BCUT2D eigenvalue weighted by molar-refractivity contribution is -0.113. The first-order valence-electron chi connectivity index (χ1n) is 7.08. The number of carbonyl (C=O) groups excluding carboxylic acids is 1. The number of anilines is 1. The fourth-order valence-corrected chi connectivity index (χ4v) is 3.60. The molecule has 1 aliphatic heterocycles. The van der Waals surface area contributed by atoms with Gasteiger partial charge in [0, 0.05) is 0 Å². The van der Waals surface area contributed by atoms with Gasteiger partial charge in [0.15, 0.2) is 4.32 Å². The Hall–Kier alpha value is -2.11. The second kappa shape index (κ2) is 6.56. The van der Waals surface area contributed by atoms with Crippen LogP contribution in [0.5, 0.6) is 5.75 Å². The van der Waals surface area contributed by atoms with Crippen LogP contribution in [0.1, 0.15) is 11.1 Å². The van der Waals surface area contributed by atoms with Gasteiger partial charge in [-0.1, -0.05) is 48.2 Å². The van der Waals surface area contributed by atoms with Crippen LogP contribution < -0.4 is 9.64 Å². The monoisotopic (exact) mass is 341 g/mol. The minimum Gasteiger partial charge on any atom is -0.497 e. The molecule has 0 spiro atoms. The molecule has 0 radical (unpaired) electrons. The zero-order valence-corrected chi connectivity index (χ0v) is 14.4. The molecule has 0 aromatic heterocycles. The molecular weight excluding hydrogens is 326 g/mol. The normalized spacial score (nSPS) is 16.3. The summed E-state index contributed by atoms with van der Waals surface area (Å²) in [6.45, 7) is 2.02. The van der Waals surface area contributed by atoms with Crippen molar-refractivity contribution < 1.29 is 9.53 Å². The highest BCUT2D eigenvalue weighted by molar-refractivity contribution is 8.27. The quantitative estimate of drug-likeness (QED) is 0.611. The van der Waals surface area contributed by atoms with Gasteiger partial charge in [-0.25, -0.2) is 0 Å². The van der Waals surface area contributed by atoms with E-state index < -0.39 is 0 Å². The highest BCUT2D eigenvalue weighted by Gasteiger charge is 2.33. The van der Waals surface area contributed by atoms with Crippen molar-refractivity contribution in [3.63, 3.8) is 0 Å². The summed E-state index contributed by atoms with van der Waals surface area (Å²) in [6.07, 6.45) is 1.90. The van der Waals surface area contributed by atoms with Gasteiger partial charge in [0.05, 0.1) is 17.7 Å². The second-order valence-electron chi connectivity index (χ2n) is 5.07. The second-order valence-corrected chi connectivity index (χ2v) is 6.75.